The van der Waals surface area contributed by atoms with E-state index in [4.69, 9.17) is 16.3 Å². The van der Waals surface area contributed by atoms with Crippen LogP contribution in [0, 0.1) is 0 Å². The number of carbonyl (C=O) groups is 1. The summed E-state index contributed by atoms with van der Waals surface area (Å²) >= 11 is 5.64. The second kappa shape index (κ2) is 5.41. The predicted octanol–water partition coefficient (Wildman–Crippen LogP) is 2.49. The fourth-order valence-electron chi connectivity index (χ4n) is 1.20. The Balaban J connectivity index is 1.95. The van der Waals surface area contributed by atoms with Crippen LogP contribution in [-0.2, 0) is 11.3 Å². The molecule has 0 aliphatic rings. The average Bonchev–Trinajstić information content (AvgIpc) is 2.39. The van der Waals surface area contributed by atoms with Crippen LogP contribution in [0.25, 0.3) is 0 Å². The number of hydrogen-bond donors (Lipinski definition) is 0. The van der Waals surface area contributed by atoms with Gasteiger partial charge >= 0.3 is 5.97 Å². The molecule has 0 aliphatic heterocycles. The molecule has 4 nitrogen and oxygen atoms in total. The van der Waals surface area contributed by atoms with Gasteiger partial charge in [-0.15, -0.1) is 0 Å². The Hall–Kier alpha value is -1.94. The highest BCUT2D eigenvalue weighted by atomic mass is 35.5. The van der Waals surface area contributed by atoms with Crippen molar-refractivity contribution in [2.24, 2.45) is 0 Å². The van der Waals surface area contributed by atoms with E-state index in [2.05, 4.69) is 9.97 Å². The third kappa shape index (κ3) is 3.26. The molecule has 0 bridgehead atoms. The van der Waals surface area contributed by atoms with E-state index in [1.165, 1.54) is 12.4 Å². The first-order valence-electron chi connectivity index (χ1n) is 4.94. The maximum Gasteiger partial charge on any atom is 0.338 e. The zero-order valence-corrected chi connectivity index (χ0v) is 9.59. The summed E-state index contributed by atoms with van der Waals surface area (Å²) in [5.41, 5.74) is 0.501. The summed E-state index contributed by atoms with van der Waals surface area (Å²) in [4.78, 5) is 19.4. The highest BCUT2D eigenvalue weighted by molar-refractivity contribution is 6.30. The topological polar surface area (TPSA) is 52.1 Å². The van der Waals surface area contributed by atoms with E-state index in [-0.39, 0.29) is 6.61 Å². The van der Waals surface area contributed by atoms with Gasteiger partial charge in [-0.05, 0) is 12.1 Å². The number of halogens is 1. The van der Waals surface area contributed by atoms with Crippen LogP contribution in [-0.4, -0.2) is 15.9 Å². The van der Waals surface area contributed by atoms with Crippen LogP contribution in [0.15, 0.2) is 42.7 Å². The van der Waals surface area contributed by atoms with Gasteiger partial charge in [0.15, 0.2) is 12.4 Å². The van der Waals surface area contributed by atoms with Gasteiger partial charge in [-0.25, -0.2) is 14.8 Å². The lowest BCUT2D eigenvalue weighted by molar-refractivity contribution is 0.0462. The monoisotopic (exact) mass is 248 g/mol. The van der Waals surface area contributed by atoms with Gasteiger partial charge in [0.1, 0.15) is 0 Å². The van der Waals surface area contributed by atoms with Gasteiger partial charge in [-0.2, -0.15) is 0 Å². The van der Waals surface area contributed by atoms with E-state index in [0.717, 1.165) is 0 Å². The van der Waals surface area contributed by atoms with E-state index in [1.807, 2.05) is 6.07 Å². The number of rotatable bonds is 3. The van der Waals surface area contributed by atoms with Crippen molar-refractivity contribution in [3.8, 4) is 0 Å². The van der Waals surface area contributed by atoms with E-state index in [0.29, 0.717) is 16.4 Å². The maximum absolute atomic E-state index is 11.6. The minimum atomic E-state index is -0.399. The molecule has 2 aromatic rings. The highest BCUT2D eigenvalue weighted by Crippen LogP contribution is 2.05. The quantitative estimate of drug-likeness (QED) is 0.783. The average molecular weight is 249 g/mol. The summed E-state index contributed by atoms with van der Waals surface area (Å²) in [7, 11) is 0. The molecule has 0 amide bonds. The number of carbonyl (C=O) groups excluding carboxylic acids is 1. The minimum absolute atomic E-state index is 0.0326. The first kappa shape index (κ1) is 11.5. The molecule has 1 aromatic carbocycles. The Morgan fingerprint density at radius 2 is 1.82 bits per heavy atom. The van der Waals surface area contributed by atoms with E-state index >= 15 is 0 Å². The molecule has 0 radical (unpaired) electrons. The van der Waals surface area contributed by atoms with E-state index in [1.54, 1.807) is 24.3 Å². The van der Waals surface area contributed by atoms with Gasteiger partial charge < -0.3 is 4.74 Å². The van der Waals surface area contributed by atoms with Crippen LogP contribution in [0.1, 0.15) is 16.2 Å². The van der Waals surface area contributed by atoms with Gasteiger partial charge in [0.2, 0.25) is 0 Å². The SMILES string of the molecule is O=C(OCc1ncc(Cl)cn1)c1ccccc1. The van der Waals surface area contributed by atoms with Gasteiger partial charge in [-0.3, -0.25) is 0 Å². The van der Waals surface area contributed by atoms with Crippen LogP contribution >= 0.6 is 11.6 Å². The zero-order chi connectivity index (χ0) is 12.1. The molecular formula is C12H9ClN2O2. The Kier molecular flexibility index (Phi) is 3.67. The third-order valence-corrected chi connectivity index (χ3v) is 2.21. The van der Waals surface area contributed by atoms with E-state index in [9.17, 15) is 4.79 Å². The smallest absolute Gasteiger partial charge is 0.338 e. The lowest BCUT2D eigenvalue weighted by Crippen LogP contribution is -2.06. The summed E-state index contributed by atoms with van der Waals surface area (Å²) in [6.07, 6.45) is 2.92. The molecule has 1 aromatic heterocycles. The second-order valence-electron chi connectivity index (χ2n) is 3.26. The van der Waals surface area contributed by atoms with Crippen molar-refractivity contribution < 1.29 is 9.53 Å². The summed E-state index contributed by atoms with van der Waals surface area (Å²) in [6, 6.07) is 8.75. The standard InChI is InChI=1S/C12H9ClN2O2/c13-10-6-14-11(15-7-10)8-17-12(16)9-4-2-1-3-5-9/h1-7H,8H2. The van der Waals surface area contributed by atoms with Crippen molar-refractivity contribution in [3.05, 3.63) is 59.1 Å². The molecule has 0 saturated carbocycles. The molecule has 0 fully saturated rings. The molecule has 5 heteroatoms. The fourth-order valence-corrected chi connectivity index (χ4v) is 1.30. The molecule has 0 N–H and O–H groups in total. The van der Waals surface area contributed by atoms with Gasteiger partial charge in [-0.1, -0.05) is 29.8 Å². The van der Waals surface area contributed by atoms with Gasteiger partial charge in [0, 0.05) is 12.4 Å². The molecule has 0 spiro atoms. The third-order valence-electron chi connectivity index (χ3n) is 2.02. The van der Waals surface area contributed by atoms with Gasteiger partial charge in [0.25, 0.3) is 0 Å². The van der Waals surface area contributed by atoms with Gasteiger partial charge in [0.05, 0.1) is 10.6 Å². The molecule has 0 atom stereocenters. The molecular weight excluding hydrogens is 240 g/mol. The van der Waals surface area contributed by atoms with Crippen molar-refractivity contribution in [3.63, 3.8) is 0 Å². The van der Waals surface area contributed by atoms with Crippen molar-refractivity contribution >= 4 is 17.6 Å². The van der Waals surface area contributed by atoms with Crippen LogP contribution in [0.5, 0.6) is 0 Å². The number of ether oxygens (including phenoxy) is 1. The first-order chi connectivity index (χ1) is 8.25. The lowest BCUT2D eigenvalue weighted by Gasteiger charge is -2.03. The molecule has 86 valence electrons. The molecule has 17 heavy (non-hydrogen) atoms. The Labute approximate surface area is 103 Å². The predicted molar refractivity (Wildman–Crippen MR) is 62.6 cm³/mol. The Bertz CT molecular complexity index is 500. The number of nitrogens with zero attached hydrogens (tertiary/aromatic N) is 2. The molecule has 0 unspecified atom stereocenters. The van der Waals surface area contributed by atoms with Crippen molar-refractivity contribution in [2.45, 2.75) is 6.61 Å². The normalized spacial score (nSPS) is 9.94. The summed E-state index contributed by atoms with van der Waals surface area (Å²) in [6.45, 7) is 0.0326. The maximum atomic E-state index is 11.6. The van der Waals surface area contributed by atoms with Crippen molar-refractivity contribution in [1.29, 1.82) is 0 Å². The first-order valence-corrected chi connectivity index (χ1v) is 5.32. The number of aromatic nitrogens is 2. The minimum Gasteiger partial charge on any atom is -0.454 e. The fraction of sp³-hybridized carbons (Fsp3) is 0.0833. The van der Waals surface area contributed by atoms with Crippen LogP contribution in [0.4, 0.5) is 0 Å². The number of benzene rings is 1. The Morgan fingerprint density at radius 1 is 1.18 bits per heavy atom. The van der Waals surface area contributed by atoms with E-state index < -0.39 is 5.97 Å². The largest absolute Gasteiger partial charge is 0.454 e. The van der Waals surface area contributed by atoms with Crippen LogP contribution in [0.2, 0.25) is 5.02 Å². The Morgan fingerprint density at radius 3 is 2.47 bits per heavy atom. The molecule has 2 rings (SSSR count). The van der Waals surface area contributed by atoms with Crippen molar-refractivity contribution in [1.82, 2.24) is 9.97 Å². The van der Waals surface area contributed by atoms with Crippen LogP contribution < -0.4 is 0 Å². The molecule has 1 heterocycles. The lowest BCUT2D eigenvalue weighted by atomic mass is 10.2. The highest BCUT2D eigenvalue weighted by Gasteiger charge is 2.07. The molecule has 0 saturated heterocycles. The van der Waals surface area contributed by atoms with Crippen LogP contribution in [0.3, 0.4) is 0 Å². The van der Waals surface area contributed by atoms with Crippen molar-refractivity contribution in [2.75, 3.05) is 0 Å². The number of esters is 1. The second-order valence-corrected chi connectivity index (χ2v) is 3.70. The summed E-state index contributed by atoms with van der Waals surface area (Å²) in [5.74, 6) is 0.0165. The molecule has 0 aliphatic carbocycles. The zero-order valence-electron chi connectivity index (χ0n) is 8.84. The summed E-state index contributed by atoms with van der Waals surface area (Å²) < 4.78 is 5.05. The summed E-state index contributed by atoms with van der Waals surface area (Å²) in [5, 5.41) is 0.447. The number of hydrogen-bond acceptors (Lipinski definition) is 4.